The molecule has 0 aromatic heterocycles. The smallest absolute Gasteiger partial charge is 0.331 e. The fraction of sp³-hybridized carbons (Fsp3) is 0.400. The Morgan fingerprint density at radius 1 is 1.00 bits per heavy atom. The second kappa shape index (κ2) is 10.8. The number of rotatable bonds is 10. The molecule has 5 nitrogen and oxygen atoms in total. The van der Waals surface area contributed by atoms with Gasteiger partial charge in [-0.25, -0.2) is 4.79 Å². The van der Waals surface area contributed by atoms with Crippen LogP contribution in [-0.4, -0.2) is 44.0 Å². The van der Waals surface area contributed by atoms with Crippen LogP contribution in [0, 0.1) is 0 Å². The Balaban J connectivity index is 1.78. The van der Waals surface area contributed by atoms with E-state index in [2.05, 4.69) is 36.9 Å². The number of fused-ring (bicyclic) bond motifs is 1. The van der Waals surface area contributed by atoms with Crippen LogP contribution >= 0.6 is 0 Å². The second-order valence-corrected chi connectivity index (χ2v) is 7.47. The summed E-state index contributed by atoms with van der Waals surface area (Å²) in [5, 5.41) is 9.53. The standard InChI is InChI=1S/C25H31NO4/c1-3-12-26-13-11-21(25(27)28)18-22-17-20(7-10-24(22)26)19-5-8-23(9-6-19)30-16-15-29-14-4-2/h5-10,17-18H,3-4,11-16H2,1-2H3,(H,27,28). The Labute approximate surface area is 178 Å². The van der Waals surface area contributed by atoms with Gasteiger partial charge in [0, 0.05) is 31.0 Å². The quantitative estimate of drug-likeness (QED) is 0.543. The molecule has 0 unspecified atom stereocenters. The Morgan fingerprint density at radius 3 is 2.47 bits per heavy atom. The number of ether oxygens (including phenoxy) is 2. The molecule has 0 atom stereocenters. The van der Waals surface area contributed by atoms with Crippen molar-refractivity contribution < 1.29 is 19.4 Å². The first kappa shape index (κ1) is 21.9. The van der Waals surface area contributed by atoms with E-state index in [0.717, 1.165) is 60.7 Å². The summed E-state index contributed by atoms with van der Waals surface area (Å²) < 4.78 is 11.2. The number of carboxylic acid groups (broad SMARTS) is 1. The second-order valence-electron chi connectivity index (χ2n) is 7.47. The number of benzene rings is 2. The predicted octanol–water partition coefficient (Wildman–Crippen LogP) is 5.25. The molecule has 1 heterocycles. The van der Waals surface area contributed by atoms with Crippen LogP contribution in [-0.2, 0) is 9.53 Å². The monoisotopic (exact) mass is 409 g/mol. The van der Waals surface area contributed by atoms with Crippen LogP contribution in [0.4, 0.5) is 5.69 Å². The Morgan fingerprint density at radius 2 is 1.77 bits per heavy atom. The summed E-state index contributed by atoms with van der Waals surface area (Å²) in [7, 11) is 0. The highest BCUT2D eigenvalue weighted by Gasteiger charge is 2.19. The largest absolute Gasteiger partial charge is 0.491 e. The van der Waals surface area contributed by atoms with E-state index < -0.39 is 5.97 Å². The number of hydrogen-bond donors (Lipinski definition) is 1. The van der Waals surface area contributed by atoms with Gasteiger partial charge in [0.1, 0.15) is 12.4 Å². The van der Waals surface area contributed by atoms with Gasteiger partial charge in [-0.05, 0) is 66.3 Å². The number of carboxylic acids is 1. The maximum atomic E-state index is 11.6. The Kier molecular flexibility index (Phi) is 7.91. The van der Waals surface area contributed by atoms with Crippen molar-refractivity contribution in [3.8, 4) is 16.9 Å². The van der Waals surface area contributed by atoms with Gasteiger partial charge in [-0.15, -0.1) is 0 Å². The molecule has 30 heavy (non-hydrogen) atoms. The van der Waals surface area contributed by atoms with Crippen molar-refractivity contribution in [1.29, 1.82) is 0 Å². The third-order valence-electron chi connectivity index (χ3n) is 5.15. The lowest BCUT2D eigenvalue weighted by molar-refractivity contribution is -0.132. The lowest BCUT2D eigenvalue weighted by Crippen LogP contribution is -2.25. The number of nitrogens with zero attached hydrogens (tertiary/aromatic N) is 1. The molecule has 0 bridgehead atoms. The van der Waals surface area contributed by atoms with E-state index in [0.29, 0.717) is 25.2 Å². The van der Waals surface area contributed by atoms with E-state index >= 15 is 0 Å². The minimum absolute atomic E-state index is 0.459. The molecular weight excluding hydrogens is 378 g/mol. The van der Waals surface area contributed by atoms with Crippen LogP contribution in [0.3, 0.4) is 0 Å². The zero-order valence-electron chi connectivity index (χ0n) is 17.9. The van der Waals surface area contributed by atoms with E-state index in [-0.39, 0.29) is 0 Å². The van der Waals surface area contributed by atoms with E-state index in [1.54, 1.807) is 0 Å². The van der Waals surface area contributed by atoms with Crippen molar-refractivity contribution in [3.63, 3.8) is 0 Å². The fourth-order valence-corrected chi connectivity index (χ4v) is 3.65. The SMILES string of the molecule is CCCOCCOc1ccc(-c2ccc3c(c2)C=C(C(=O)O)CCN3CCC)cc1. The van der Waals surface area contributed by atoms with Gasteiger partial charge in [-0.3, -0.25) is 0 Å². The van der Waals surface area contributed by atoms with Gasteiger partial charge < -0.3 is 19.5 Å². The number of carbonyl (C=O) groups is 1. The minimum Gasteiger partial charge on any atom is -0.491 e. The van der Waals surface area contributed by atoms with Crippen LogP contribution in [0.15, 0.2) is 48.0 Å². The zero-order valence-corrected chi connectivity index (χ0v) is 17.9. The molecule has 2 aromatic carbocycles. The molecular formula is C25H31NO4. The predicted molar refractivity (Wildman–Crippen MR) is 121 cm³/mol. The first-order chi connectivity index (χ1) is 14.6. The van der Waals surface area contributed by atoms with Gasteiger partial charge in [-0.2, -0.15) is 0 Å². The molecule has 5 heteroatoms. The van der Waals surface area contributed by atoms with E-state index in [1.807, 2.05) is 30.3 Å². The van der Waals surface area contributed by atoms with E-state index in [9.17, 15) is 9.90 Å². The Bertz CT molecular complexity index is 873. The summed E-state index contributed by atoms with van der Waals surface area (Å²) in [6, 6.07) is 14.3. The summed E-state index contributed by atoms with van der Waals surface area (Å²) in [6.45, 7) is 7.76. The van der Waals surface area contributed by atoms with Crippen molar-refractivity contribution in [2.24, 2.45) is 0 Å². The van der Waals surface area contributed by atoms with Crippen LogP contribution < -0.4 is 9.64 Å². The molecule has 1 aliphatic heterocycles. The van der Waals surface area contributed by atoms with Gasteiger partial charge >= 0.3 is 5.97 Å². The zero-order chi connectivity index (χ0) is 21.3. The molecule has 0 saturated heterocycles. The third kappa shape index (κ3) is 5.63. The van der Waals surface area contributed by atoms with Gasteiger partial charge in [0.15, 0.2) is 0 Å². The molecule has 0 radical (unpaired) electrons. The molecule has 2 aromatic rings. The molecule has 1 N–H and O–H groups in total. The third-order valence-corrected chi connectivity index (χ3v) is 5.15. The maximum absolute atomic E-state index is 11.6. The highest BCUT2D eigenvalue weighted by atomic mass is 16.5. The van der Waals surface area contributed by atoms with E-state index in [1.165, 1.54) is 0 Å². The number of hydrogen-bond acceptors (Lipinski definition) is 4. The highest BCUT2D eigenvalue weighted by Crippen LogP contribution is 2.33. The van der Waals surface area contributed by atoms with Gasteiger partial charge in [-0.1, -0.05) is 32.0 Å². The molecule has 0 aliphatic carbocycles. The molecule has 1 aliphatic rings. The van der Waals surface area contributed by atoms with Gasteiger partial charge in [0.25, 0.3) is 0 Å². The number of anilines is 1. The van der Waals surface area contributed by atoms with Crippen molar-refractivity contribution in [3.05, 3.63) is 53.6 Å². The fourth-order valence-electron chi connectivity index (χ4n) is 3.65. The average Bonchev–Trinajstić information content (AvgIpc) is 2.94. The summed E-state index contributed by atoms with van der Waals surface area (Å²) >= 11 is 0. The molecule has 0 spiro atoms. The summed E-state index contributed by atoms with van der Waals surface area (Å²) in [5.41, 5.74) is 4.66. The molecule has 3 rings (SSSR count). The van der Waals surface area contributed by atoms with Gasteiger partial charge in [0.2, 0.25) is 0 Å². The van der Waals surface area contributed by atoms with Gasteiger partial charge in [0.05, 0.1) is 6.61 Å². The van der Waals surface area contributed by atoms with E-state index in [4.69, 9.17) is 9.47 Å². The summed E-state index contributed by atoms with van der Waals surface area (Å²) in [4.78, 5) is 13.9. The lowest BCUT2D eigenvalue weighted by Gasteiger charge is -2.24. The first-order valence-electron chi connectivity index (χ1n) is 10.8. The molecule has 160 valence electrons. The minimum atomic E-state index is -0.839. The molecule has 0 amide bonds. The summed E-state index contributed by atoms with van der Waals surface area (Å²) in [5.74, 6) is -0.0232. The average molecular weight is 410 g/mol. The summed E-state index contributed by atoms with van der Waals surface area (Å²) in [6.07, 6.45) is 4.40. The Hall–Kier alpha value is -2.79. The topological polar surface area (TPSA) is 59.0 Å². The lowest BCUT2D eigenvalue weighted by atomic mass is 10.00. The van der Waals surface area contributed by atoms with Crippen LogP contribution in [0.2, 0.25) is 0 Å². The van der Waals surface area contributed by atoms with Crippen LogP contribution in [0.1, 0.15) is 38.7 Å². The highest BCUT2D eigenvalue weighted by molar-refractivity contribution is 5.94. The first-order valence-corrected chi connectivity index (χ1v) is 10.8. The van der Waals surface area contributed by atoms with Crippen LogP contribution in [0.5, 0.6) is 5.75 Å². The maximum Gasteiger partial charge on any atom is 0.331 e. The normalized spacial score (nSPS) is 13.4. The number of aliphatic carboxylic acids is 1. The van der Waals surface area contributed by atoms with Crippen LogP contribution in [0.25, 0.3) is 17.2 Å². The van der Waals surface area contributed by atoms with Crippen molar-refractivity contribution >= 4 is 17.7 Å². The van der Waals surface area contributed by atoms with Crippen molar-refractivity contribution in [1.82, 2.24) is 0 Å². The van der Waals surface area contributed by atoms with Crippen molar-refractivity contribution in [2.75, 3.05) is 37.8 Å². The molecule has 0 fully saturated rings. The molecule has 0 saturated carbocycles. The van der Waals surface area contributed by atoms with Crippen molar-refractivity contribution in [2.45, 2.75) is 33.1 Å².